The zero-order valence-electron chi connectivity index (χ0n) is 12.4. The highest BCUT2D eigenvalue weighted by Gasteiger charge is 2.43. The lowest BCUT2D eigenvalue weighted by Crippen LogP contribution is -2.62. The van der Waals surface area contributed by atoms with Crippen molar-refractivity contribution in [3.05, 3.63) is 35.4 Å². The van der Waals surface area contributed by atoms with Gasteiger partial charge in [0.05, 0.1) is 30.0 Å². The van der Waals surface area contributed by atoms with E-state index in [1.165, 1.54) is 23.0 Å². The van der Waals surface area contributed by atoms with Gasteiger partial charge < -0.3 is 9.64 Å². The summed E-state index contributed by atoms with van der Waals surface area (Å²) in [6.07, 6.45) is 0. The molecule has 0 bridgehead atoms. The zero-order chi connectivity index (χ0) is 16.6. The standard InChI is InChI=1S/C15H14N2O5S/c1-22-14(20)11-5-3-2-4-10(11)13(19)16-6-9(7-16)17-12(18)8-23-15(17)21/h2-5,9H,6-8H2,1H3. The fourth-order valence-corrected chi connectivity index (χ4v) is 3.41. The van der Waals surface area contributed by atoms with Crippen LogP contribution in [0.15, 0.2) is 24.3 Å². The van der Waals surface area contributed by atoms with E-state index in [4.69, 9.17) is 0 Å². The Morgan fingerprint density at radius 3 is 2.39 bits per heavy atom. The van der Waals surface area contributed by atoms with E-state index in [0.717, 1.165) is 11.8 Å². The number of nitrogens with zero attached hydrogens (tertiary/aromatic N) is 2. The van der Waals surface area contributed by atoms with Crippen molar-refractivity contribution in [2.24, 2.45) is 0 Å². The van der Waals surface area contributed by atoms with Gasteiger partial charge in [-0.25, -0.2) is 4.79 Å². The molecule has 2 saturated heterocycles. The Labute approximate surface area is 136 Å². The second-order valence-electron chi connectivity index (χ2n) is 5.22. The number of rotatable bonds is 3. The van der Waals surface area contributed by atoms with Gasteiger partial charge >= 0.3 is 5.97 Å². The molecule has 1 aromatic carbocycles. The molecule has 0 N–H and O–H groups in total. The van der Waals surface area contributed by atoms with E-state index < -0.39 is 5.97 Å². The van der Waals surface area contributed by atoms with E-state index in [-0.39, 0.29) is 53.1 Å². The second-order valence-corrected chi connectivity index (χ2v) is 6.15. The maximum atomic E-state index is 12.5. The van der Waals surface area contributed by atoms with E-state index in [1.807, 2.05) is 0 Å². The number of methoxy groups -OCH3 is 1. The molecule has 3 amide bonds. The Bertz CT molecular complexity index is 683. The minimum Gasteiger partial charge on any atom is -0.465 e. The lowest BCUT2D eigenvalue weighted by atomic mass is 10.0. The molecule has 0 aromatic heterocycles. The number of benzene rings is 1. The first kappa shape index (κ1) is 15.5. The third kappa shape index (κ3) is 2.70. The molecule has 2 aliphatic heterocycles. The molecule has 2 aliphatic rings. The lowest BCUT2D eigenvalue weighted by Gasteiger charge is -2.42. The average molecular weight is 334 g/mol. The molecular weight excluding hydrogens is 320 g/mol. The normalized spacial score (nSPS) is 18.1. The maximum Gasteiger partial charge on any atom is 0.338 e. The number of carbonyl (C=O) groups excluding carboxylic acids is 4. The van der Waals surface area contributed by atoms with Crippen LogP contribution in [0.3, 0.4) is 0 Å². The Morgan fingerprint density at radius 2 is 1.83 bits per heavy atom. The van der Waals surface area contributed by atoms with Gasteiger partial charge in [-0.15, -0.1) is 0 Å². The zero-order valence-corrected chi connectivity index (χ0v) is 13.2. The van der Waals surface area contributed by atoms with Crippen molar-refractivity contribution in [2.75, 3.05) is 26.0 Å². The van der Waals surface area contributed by atoms with Gasteiger partial charge in [0.1, 0.15) is 0 Å². The van der Waals surface area contributed by atoms with Gasteiger partial charge in [-0.1, -0.05) is 23.9 Å². The van der Waals surface area contributed by atoms with Crippen molar-refractivity contribution in [3.8, 4) is 0 Å². The summed E-state index contributed by atoms with van der Waals surface area (Å²) < 4.78 is 4.68. The topological polar surface area (TPSA) is 84.0 Å². The SMILES string of the molecule is COC(=O)c1ccccc1C(=O)N1CC(N2C(=O)CSC2=O)C1. The summed E-state index contributed by atoms with van der Waals surface area (Å²) in [5.41, 5.74) is 0.457. The predicted molar refractivity (Wildman–Crippen MR) is 82.2 cm³/mol. The van der Waals surface area contributed by atoms with Crippen LogP contribution in [0.5, 0.6) is 0 Å². The summed E-state index contributed by atoms with van der Waals surface area (Å²) in [6.45, 7) is 0.568. The molecule has 2 fully saturated rings. The van der Waals surface area contributed by atoms with Crippen LogP contribution >= 0.6 is 11.8 Å². The Balaban J connectivity index is 1.71. The van der Waals surface area contributed by atoms with Gasteiger partial charge in [0.2, 0.25) is 5.91 Å². The van der Waals surface area contributed by atoms with Crippen LogP contribution in [-0.4, -0.2) is 64.8 Å². The van der Waals surface area contributed by atoms with Crippen LogP contribution in [-0.2, 0) is 9.53 Å². The third-order valence-corrected chi connectivity index (χ3v) is 4.70. The highest BCUT2D eigenvalue weighted by Crippen LogP contribution is 2.27. The molecule has 0 aliphatic carbocycles. The van der Waals surface area contributed by atoms with Crippen molar-refractivity contribution >= 4 is 34.8 Å². The van der Waals surface area contributed by atoms with Crippen molar-refractivity contribution < 1.29 is 23.9 Å². The molecule has 7 nitrogen and oxygen atoms in total. The van der Waals surface area contributed by atoms with Crippen molar-refractivity contribution in [3.63, 3.8) is 0 Å². The maximum absolute atomic E-state index is 12.5. The number of imide groups is 1. The van der Waals surface area contributed by atoms with Gasteiger partial charge in [0.25, 0.3) is 11.1 Å². The summed E-state index contributed by atoms with van der Waals surface area (Å²) in [5, 5.41) is -0.262. The Kier molecular flexibility index (Phi) is 4.08. The van der Waals surface area contributed by atoms with Crippen LogP contribution < -0.4 is 0 Å². The number of hydrogen-bond donors (Lipinski definition) is 0. The molecule has 0 atom stereocenters. The number of hydrogen-bond acceptors (Lipinski definition) is 6. The van der Waals surface area contributed by atoms with Crippen LogP contribution in [0, 0.1) is 0 Å². The quantitative estimate of drug-likeness (QED) is 0.767. The molecule has 120 valence electrons. The number of esters is 1. The molecule has 0 unspecified atom stereocenters. The molecular formula is C15H14N2O5S. The molecule has 0 saturated carbocycles. The lowest BCUT2D eigenvalue weighted by molar-refractivity contribution is -0.128. The summed E-state index contributed by atoms with van der Waals surface area (Å²) in [7, 11) is 1.26. The predicted octanol–water partition coefficient (Wildman–Crippen LogP) is 0.993. The summed E-state index contributed by atoms with van der Waals surface area (Å²) >= 11 is 0.979. The number of ether oxygens (including phenoxy) is 1. The minimum absolute atomic E-state index is 0.161. The Hall–Kier alpha value is -2.35. The fraction of sp³-hybridized carbons (Fsp3) is 0.333. The number of amides is 3. The first-order valence-electron chi connectivity index (χ1n) is 6.98. The Morgan fingerprint density at radius 1 is 1.17 bits per heavy atom. The number of thioether (sulfide) groups is 1. The van der Waals surface area contributed by atoms with Crippen LogP contribution in [0.2, 0.25) is 0 Å². The van der Waals surface area contributed by atoms with E-state index in [1.54, 1.807) is 18.2 Å². The van der Waals surface area contributed by atoms with Crippen LogP contribution in [0.4, 0.5) is 4.79 Å². The first-order chi connectivity index (χ1) is 11.0. The number of carbonyl (C=O) groups is 4. The van der Waals surface area contributed by atoms with Gasteiger partial charge in [0.15, 0.2) is 0 Å². The highest BCUT2D eigenvalue weighted by molar-refractivity contribution is 8.14. The monoisotopic (exact) mass is 334 g/mol. The molecule has 0 radical (unpaired) electrons. The molecule has 0 spiro atoms. The van der Waals surface area contributed by atoms with Gasteiger partial charge in [-0.2, -0.15) is 0 Å². The van der Waals surface area contributed by atoms with E-state index in [0.29, 0.717) is 0 Å². The number of likely N-dealkylation sites (tertiary alicyclic amines) is 1. The van der Waals surface area contributed by atoms with E-state index in [2.05, 4.69) is 4.74 Å². The van der Waals surface area contributed by atoms with E-state index >= 15 is 0 Å². The summed E-state index contributed by atoms with van der Waals surface area (Å²) in [6, 6.07) is 6.13. The summed E-state index contributed by atoms with van der Waals surface area (Å²) in [4.78, 5) is 50.3. The van der Waals surface area contributed by atoms with Crippen molar-refractivity contribution in [1.29, 1.82) is 0 Å². The van der Waals surface area contributed by atoms with Gasteiger partial charge in [-0.05, 0) is 12.1 Å². The molecule has 2 heterocycles. The average Bonchev–Trinajstić information content (AvgIpc) is 2.85. The third-order valence-electron chi connectivity index (χ3n) is 3.86. The minimum atomic E-state index is -0.577. The van der Waals surface area contributed by atoms with Gasteiger partial charge in [-0.3, -0.25) is 19.3 Å². The fourth-order valence-electron chi connectivity index (χ4n) is 2.63. The smallest absolute Gasteiger partial charge is 0.338 e. The van der Waals surface area contributed by atoms with Crippen molar-refractivity contribution in [1.82, 2.24) is 9.80 Å². The largest absolute Gasteiger partial charge is 0.465 e. The molecule has 1 aromatic rings. The molecule has 8 heteroatoms. The van der Waals surface area contributed by atoms with E-state index in [9.17, 15) is 19.2 Å². The summed E-state index contributed by atoms with van der Waals surface area (Å²) in [5.74, 6) is -0.942. The van der Waals surface area contributed by atoms with Crippen LogP contribution in [0.1, 0.15) is 20.7 Å². The van der Waals surface area contributed by atoms with Crippen LogP contribution in [0.25, 0.3) is 0 Å². The molecule has 23 heavy (non-hydrogen) atoms. The molecule has 3 rings (SSSR count). The van der Waals surface area contributed by atoms with Crippen molar-refractivity contribution in [2.45, 2.75) is 6.04 Å². The first-order valence-corrected chi connectivity index (χ1v) is 7.97. The second kappa shape index (κ2) is 6.04. The highest BCUT2D eigenvalue weighted by atomic mass is 32.2. The van der Waals surface area contributed by atoms with Gasteiger partial charge in [0, 0.05) is 13.1 Å².